The van der Waals surface area contributed by atoms with E-state index in [9.17, 15) is 5.11 Å². The van der Waals surface area contributed by atoms with Gasteiger partial charge in [-0.05, 0) is 82.9 Å². The van der Waals surface area contributed by atoms with Gasteiger partial charge < -0.3 is 15.1 Å². The number of para-hydroxylation sites is 2. The zero-order valence-electron chi connectivity index (χ0n) is 34.2. The standard InChI is InChI=1S/C51H39N11O/c1-61(28-35-11-7-15-44-47(35)57-50(54-44)48-38-22-31(16-18-42(38)58-59-48)40-26-52-24-33-8-2-4-12-36(33)40)29-62-45-19-17-32(41-27-53-25-34-9-3-5-13-37(34)41)23-39(45)49(60-62)51-55-43-14-6-10-30(20-21-63)46(43)56-51/h2-19,22-27,63H,20-21,28-29H2,1H3,(H,54,57)(H,55,56)(H,58,59). The van der Waals surface area contributed by atoms with Crippen LogP contribution in [0.15, 0.2) is 146 Å². The van der Waals surface area contributed by atoms with Crippen molar-refractivity contribution in [3.8, 4) is 45.3 Å². The Morgan fingerprint density at radius 3 is 1.90 bits per heavy atom. The molecule has 0 aliphatic rings. The van der Waals surface area contributed by atoms with E-state index in [4.69, 9.17) is 20.2 Å². The molecule has 0 aliphatic carbocycles. The number of rotatable bonds is 10. The monoisotopic (exact) mass is 821 g/mol. The Kier molecular flexibility index (Phi) is 8.66. The molecule has 0 unspecified atom stereocenters. The van der Waals surface area contributed by atoms with Crippen molar-refractivity contribution in [2.45, 2.75) is 19.6 Å². The summed E-state index contributed by atoms with van der Waals surface area (Å²) in [5.41, 5.74) is 13.3. The van der Waals surface area contributed by atoms with Crippen molar-refractivity contribution in [3.05, 3.63) is 157 Å². The fourth-order valence-electron chi connectivity index (χ4n) is 9.11. The molecule has 0 atom stereocenters. The molecular formula is C51H39N11O. The first-order chi connectivity index (χ1) is 31.1. The van der Waals surface area contributed by atoms with Crippen LogP contribution in [-0.4, -0.2) is 73.5 Å². The highest BCUT2D eigenvalue weighted by molar-refractivity contribution is 6.02. The van der Waals surface area contributed by atoms with Gasteiger partial charge in [0.2, 0.25) is 0 Å². The van der Waals surface area contributed by atoms with Gasteiger partial charge in [0.15, 0.2) is 11.6 Å². The fraction of sp³-hybridized carbons (Fsp3) is 0.0980. The number of aromatic nitrogens is 10. The Labute approximate surface area is 359 Å². The summed E-state index contributed by atoms with van der Waals surface area (Å²) in [6.07, 6.45) is 8.18. The lowest BCUT2D eigenvalue weighted by Gasteiger charge is -2.17. The number of nitrogens with one attached hydrogen (secondary N) is 3. The van der Waals surface area contributed by atoms with Crippen LogP contribution in [0.3, 0.4) is 0 Å². The zero-order chi connectivity index (χ0) is 42.0. The van der Waals surface area contributed by atoms with E-state index in [1.807, 2.05) is 59.8 Å². The van der Waals surface area contributed by atoms with Crippen LogP contribution >= 0.6 is 0 Å². The molecule has 0 bridgehead atoms. The van der Waals surface area contributed by atoms with Gasteiger partial charge in [0.1, 0.15) is 11.4 Å². The zero-order valence-corrected chi connectivity index (χ0v) is 34.2. The lowest BCUT2D eigenvalue weighted by atomic mass is 9.99. The summed E-state index contributed by atoms with van der Waals surface area (Å²) in [6.45, 7) is 1.17. The number of hydrogen-bond donors (Lipinski definition) is 4. The molecule has 304 valence electrons. The maximum absolute atomic E-state index is 9.79. The van der Waals surface area contributed by atoms with E-state index in [-0.39, 0.29) is 6.61 Å². The van der Waals surface area contributed by atoms with Gasteiger partial charge in [-0.25, -0.2) is 14.6 Å². The second-order valence-electron chi connectivity index (χ2n) is 16.2. The number of hydrogen-bond acceptors (Lipinski definition) is 8. The number of aromatic amines is 3. The van der Waals surface area contributed by atoms with Crippen molar-refractivity contribution in [2.75, 3.05) is 13.7 Å². The molecule has 12 rings (SSSR count). The summed E-state index contributed by atoms with van der Waals surface area (Å²) < 4.78 is 2.05. The van der Waals surface area contributed by atoms with Crippen molar-refractivity contribution >= 4 is 65.4 Å². The summed E-state index contributed by atoms with van der Waals surface area (Å²) in [4.78, 5) is 28.7. The molecule has 6 aromatic carbocycles. The smallest absolute Gasteiger partial charge is 0.159 e. The van der Waals surface area contributed by atoms with Crippen LogP contribution in [0, 0.1) is 0 Å². The highest BCUT2D eigenvalue weighted by Crippen LogP contribution is 2.36. The SMILES string of the molecule is CN(Cc1cccc2[nH]c(-c3n[nH]c4ccc(-c5cncc6ccccc56)cc34)nc12)Cn1nc(-c2nc3c(CCO)cccc3[nH]2)c2cc(-c3cncc4ccccc34)ccc21. The van der Waals surface area contributed by atoms with Crippen LogP contribution in [-0.2, 0) is 19.6 Å². The van der Waals surface area contributed by atoms with Gasteiger partial charge in [-0.1, -0.05) is 84.9 Å². The van der Waals surface area contributed by atoms with E-state index in [0.717, 1.165) is 110 Å². The first kappa shape index (κ1) is 36.8. The van der Waals surface area contributed by atoms with Crippen molar-refractivity contribution in [3.63, 3.8) is 0 Å². The molecule has 12 heteroatoms. The molecule has 12 nitrogen and oxygen atoms in total. The van der Waals surface area contributed by atoms with Crippen LogP contribution in [0.5, 0.6) is 0 Å². The van der Waals surface area contributed by atoms with Gasteiger partial charge in [-0.15, -0.1) is 0 Å². The van der Waals surface area contributed by atoms with E-state index < -0.39 is 0 Å². The van der Waals surface area contributed by atoms with Gasteiger partial charge >= 0.3 is 0 Å². The van der Waals surface area contributed by atoms with Crippen LogP contribution in [0.4, 0.5) is 0 Å². The average Bonchev–Trinajstić information content (AvgIpc) is 4.13. The number of imidazole rings is 2. The van der Waals surface area contributed by atoms with Crippen molar-refractivity contribution in [2.24, 2.45) is 0 Å². The van der Waals surface area contributed by atoms with E-state index in [2.05, 4.69) is 128 Å². The Morgan fingerprint density at radius 1 is 0.587 bits per heavy atom. The minimum Gasteiger partial charge on any atom is -0.396 e. The third kappa shape index (κ3) is 6.30. The van der Waals surface area contributed by atoms with Gasteiger partial charge in [0.25, 0.3) is 0 Å². The van der Waals surface area contributed by atoms with Crippen molar-refractivity contribution in [1.29, 1.82) is 0 Å². The van der Waals surface area contributed by atoms with Gasteiger partial charge in [-0.2, -0.15) is 10.2 Å². The van der Waals surface area contributed by atoms with Crippen molar-refractivity contribution in [1.82, 2.24) is 54.8 Å². The molecule has 0 saturated heterocycles. The summed E-state index contributed by atoms with van der Waals surface area (Å²) >= 11 is 0. The summed E-state index contributed by atoms with van der Waals surface area (Å²) in [7, 11) is 2.10. The largest absolute Gasteiger partial charge is 0.396 e. The lowest BCUT2D eigenvalue weighted by Crippen LogP contribution is -2.22. The molecule has 0 amide bonds. The first-order valence-electron chi connectivity index (χ1n) is 21.0. The molecule has 6 aromatic heterocycles. The molecule has 0 spiro atoms. The molecule has 6 heterocycles. The summed E-state index contributed by atoms with van der Waals surface area (Å²) in [6, 6.07) is 41.8. The number of benzene rings is 6. The van der Waals surface area contributed by atoms with Crippen molar-refractivity contribution < 1.29 is 5.11 Å². The van der Waals surface area contributed by atoms with E-state index in [0.29, 0.717) is 31.3 Å². The second-order valence-corrected chi connectivity index (χ2v) is 16.2. The van der Waals surface area contributed by atoms with E-state index in [1.54, 1.807) is 0 Å². The number of fused-ring (bicyclic) bond motifs is 6. The third-order valence-electron chi connectivity index (χ3n) is 12.1. The Bertz CT molecular complexity index is 3700. The highest BCUT2D eigenvalue weighted by atomic mass is 16.3. The molecule has 0 aliphatic heterocycles. The minimum absolute atomic E-state index is 0.0480. The molecular weight excluding hydrogens is 783 g/mol. The number of H-pyrrole nitrogens is 3. The number of aliphatic hydroxyl groups is 1. The fourth-order valence-corrected chi connectivity index (χ4v) is 9.11. The summed E-state index contributed by atoms with van der Waals surface area (Å²) in [5, 5.41) is 29.5. The maximum Gasteiger partial charge on any atom is 0.159 e. The maximum atomic E-state index is 9.79. The van der Waals surface area contributed by atoms with Crippen LogP contribution in [0.2, 0.25) is 0 Å². The average molecular weight is 822 g/mol. The van der Waals surface area contributed by atoms with Crippen LogP contribution < -0.4 is 0 Å². The number of aliphatic hydroxyl groups excluding tert-OH is 1. The molecule has 12 aromatic rings. The van der Waals surface area contributed by atoms with Gasteiger partial charge in [0.05, 0.1) is 39.8 Å². The molecule has 63 heavy (non-hydrogen) atoms. The Balaban J connectivity index is 0.896. The first-order valence-corrected chi connectivity index (χ1v) is 21.0. The Morgan fingerprint density at radius 2 is 1.21 bits per heavy atom. The molecule has 0 saturated carbocycles. The predicted molar refractivity (Wildman–Crippen MR) is 250 cm³/mol. The van der Waals surface area contributed by atoms with Crippen LogP contribution in [0.25, 0.3) is 111 Å². The second kappa shape index (κ2) is 14.8. The normalized spacial score (nSPS) is 12.0. The molecule has 4 N–H and O–H groups in total. The predicted octanol–water partition coefficient (Wildman–Crippen LogP) is 10.1. The van der Waals surface area contributed by atoms with Gasteiger partial charge in [0, 0.05) is 70.6 Å². The minimum atomic E-state index is 0.0480. The quantitative estimate of drug-likeness (QED) is 0.106. The van der Waals surface area contributed by atoms with E-state index in [1.165, 1.54) is 0 Å². The molecule has 0 radical (unpaired) electrons. The van der Waals surface area contributed by atoms with Crippen LogP contribution in [0.1, 0.15) is 11.1 Å². The Hall–Kier alpha value is -8.06. The highest BCUT2D eigenvalue weighted by Gasteiger charge is 2.21. The van der Waals surface area contributed by atoms with Gasteiger partial charge in [-0.3, -0.25) is 20.0 Å². The van der Waals surface area contributed by atoms with E-state index >= 15 is 0 Å². The summed E-state index contributed by atoms with van der Waals surface area (Å²) in [5.74, 6) is 1.38. The molecule has 0 fully saturated rings. The lowest BCUT2D eigenvalue weighted by molar-refractivity contribution is 0.252. The third-order valence-corrected chi connectivity index (χ3v) is 12.1. The number of nitrogens with zero attached hydrogens (tertiary/aromatic N) is 8. The topological polar surface area (TPSA) is 153 Å². The number of pyridine rings is 2.